The predicted octanol–water partition coefficient (Wildman–Crippen LogP) is 2.78. The molecule has 3 heteroatoms. The summed E-state index contributed by atoms with van der Waals surface area (Å²) in [6.45, 7) is 1.18. The van der Waals surface area contributed by atoms with Gasteiger partial charge in [-0.3, -0.25) is 0 Å². The number of methoxy groups -OCH3 is 1. The maximum Gasteiger partial charge on any atom is 0.123 e. The van der Waals surface area contributed by atoms with E-state index in [9.17, 15) is 0 Å². The molecule has 2 N–H and O–H groups in total. The Bertz CT molecular complexity index is 508. The molecule has 0 radical (unpaired) electrons. The van der Waals surface area contributed by atoms with Crippen LogP contribution in [0.2, 0.25) is 0 Å². The molecule has 0 atom stereocenters. The van der Waals surface area contributed by atoms with Crippen LogP contribution in [0.15, 0.2) is 48.5 Å². The third-order valence-electron chi connectivity index (χ3n) is 2.94. The molecule has 3 nitrogen and oxygen atoms in total. The second kappa shape index (κ2) is 6.81. The van der Waals surface area contributed by atoms with Gasteiger partial charge in [0.1, 0.15) is 18.1 Å². The second-order valence-corrected chi connectivity index (χ2v) is 4.28. The molecule has 19 heavy (non-hydrogen) atoms. The highest BCUT2D eigenvalue weighted by molar-refractivity contribution is 5.34. The van der Waals surface area contributed by atoms with E-state index in [0.29, 0.717) is 13.2 Å². The van der Waals surface area contributed by atoms with Gasteiger partial charge in [0.25, 0.3) is 0 Å². The van der Waals surface area contributed by atoms with Crippen molar-refractivity contribution in [2.45, 2.75) is 13.0 Å². The lowest BCUT2D eigenvalue weighted by atomic mass is 10.1. The van der Waals surface area contributed by atoms with Crippen molar-refractivity contribution in [3.05, 3.63) is 59.7 Å². The minimum atomic E-state index is 0.547. The van der Waals surface area contributed by atoms with Crippen LogP contribution in [0.25, 0.3) is 0 Å². The van der Waals surface area contributed by atoms with Gasteiger partial charge in [0.2, 0.25) is 0 Å². The van der Waals surface area contributed by atoms with E-state index in [1.54, 1.807) is 7.11 Å². The first-order chi connectivity index (χ1) is 9.33. The molecule has 0 bridgehead atoms. The van der Waals surface area contributed by atoms with E-state index in [0.717, 1.165) is 29.0 Å². The lowest BCUT2D eigenvalue weighted by Gasteiger charge is -2.11. The van der Waals surface area contributed by atoms with Crippen molar-refractivity contribution >= 4 is 0 Å². The lowest BCUT2D eigenvalue weighted by molar-refractivity contribution is 0.302. The largest absolute Gasteiger partial charge is 0.497 e. The summed E-state index contributed by atoms with van der Waals surface area (Å²) in [7, 11) is 1.66. The summed E-state index contributed by atoms with van der Waals surface area (Å²) in [4.78, 5) is 0. The van der Waals surface area contributed by atoms with E-state index in [1.165, 1.54) is 0 Å². The van der Waals surface area contributed by atoms with E-state index in [1.807, 2.05) is 42.5 Å². The molecule has 0 aliphatic carbocycles. The monoisotopic (exact) mass is 257 g/mol. The standard InChI is InChI=1S/C16H19NO2/c1-18-15-8-6-13(7-9-15)12-19-16-5-3-2-4-14(16)10-11-17/h2-9H,10-12,17H2,1H3. The average Bonchev–Trinajstić information content (AvgIpc) is 2.47. The molecule has 0 spiro atoms. The molecule has 0 amide bonds. The molecule has 2 aromatic carbocycles. The van der Waals surface area contributed by atoms with Crippen molar-refractivity contribution in [1.29, 1.82) is 0 Å². The Labute approximate surface area is 114 Å². The number of hydrogen-bond acceptors (Lipinski definition) is 3. The topological polar surface area (TPSA) is 44.5 Å². The highest BCUT2D eigenvalue weighted by Crippen LogP contribution is 2.20. The first-order valence-electron chi connectivity index (χ1n) is 6.37. The smallest absolute Gasteiger partial charge is 0.123 e. The zero-order valence-electron chi connectivity index (χ0n) is 11.1. The van der Waals surface area contributed by atoms with E-state index in [-0.39, 0.29) is 0 Å². The molecule has 0 heterocycles. The maximum absolute atomic E-state index is 5.85. The number of ether oxygens (including phenoxy) is 2. The Morgan fingerprint density at radius 2 is 1.74 bits per heavy atom. The zero-order valence-corrected chi connectivity index (χ0v) is 11.1. The van der Waals surface area contributed by atoms with Gasteiger partial charge in [0, 0.05) is 0 Å². The van der Waals surface area contributed by atoms with Gasteiger partial charge in [-0.05, 0) is 42.3 Å². The van der Waals surface area contributed by atoms with Gasteiger partial charge in [-0.25, -0.2) is 0 Å². The fraction of sp³-hybridized carbons (Fsp3) is 0.250. The third-order valence-corrected chi connectivity index (χ3v) is 2.94. The van der Waals surface area contributed by atoms with Crippen molar-refractivity contribution in [3.8, 4) is 11.5 Å². The molecule has 0 fully saturated rings. The molecular weight excluding hydrogens is 238 g/mol. The fourth-order valence-corrected chi connectivity index (χ4v) is 1.89. The summed E-state index contributed by atoms with van der Waals surface area (Å²) in [6.07, 6.45) is 0.832. The van der Waals surface area contributed by atoms with Crippen LogP contribution in [-0.2, 0) is 13.0 Å². The van der Waals surface area contributed by atoms with Crippen molar-refractivity contribution in [2.75, 3.05) is 13.7 Å². The van der Waals surface area contributed by atoms with Crippen LogP contribution in [0.5, 0.6) is 11.5 Å². The molecule has 2 rings (SSSR count). The van der Waals surface area contributed by atoms with Crippen LogP contribution in [0, 0.1) is 0 Å². The summed E-state index contributed by atoms with van der Waals surface area (Å²) in [5.74, 6) is 1.76. The summed E-state index contributed by atoms with van der Waals surface area (Å²) >= 11 is 0. The number of rotatable bonds is 6. The molecular formula is C16H19NO2. The highest BCUT2D eigenvalue weighted by Gasteiger charge is 2.02. The predicted molar refractivity (Wildman–Crippen MR) is 76.5 cm³/mol. The maximum atomic E-state index is 5.85. The molecule has 0 unspecified atom stereocenters. The van der Waals surface area contributed by atoms with Gasteiger partial charge in [-0.15, -0.1) is 0 Å². The number of hydrogen-bond donors (Lipinski definition) is 1. The third kappa shape index (κ3) is 3.73. The van der Waals surface area contributed by atoms with Crippen LogP contribution in [0.4, 0.5) is 0 Å². The number of benzene rings is 2. The molecule has 100 valence electrons. The zero-order chi connectivity index (χ0) is 13.5. The van der Waals surface area contributed by atoms with Gasteiger partial charge >= 0.3 is 0 Å². The normalized spacial score (nSPS) is 10.2. The molecule has 2 aromatic rings. The van der Waals surface area contributed by atoms with E-state index < -0.39 is 0 Å². The van der Waals surface area contributed by atoms with Crippen molar-refractivity contribution < 1.29 is 9.47 Å². The Hall–Kier alpha value is -2.00. The van der Waals surface area contributed by atoms with Crippen LogP contribution in [0.3, 0.4) is 0 Å². The van der Waals surface area contributed by atoms with Crippen LogP contribution in [-0.4, -0.2) is 13.7 Å². The van der Waals surface area contributed by atoms with Crippen molar-refractivity contribution in [2.24, 2.45) is 5.73 Å². The molecule has 0 aromatic heterocycles. The fourth-order valence-electron chi connectivity index (χ4n) is 1.89. The van der Waals surface area contributed by atoms with Crippen LogP contribution in [0.1, 0.15) is 11.1 Å². The first-order valence-corrected chi connectivity index (χ1v) is 6.37. The molecule has 0 aliphatic rings. The van der Waals surface area contributed by atoms with E-state index in [2.05, 4.69) is 6.07 Å². The van der Waals surface area contributed by atoms with Crippen molar-refractivity contribution in [3.63, 3.8) is 0 Å². The Balaban J connectivity index is 2.01. The van der Waals surface area contributed by atoms with Gasteiger partial charge in [0.15, 0.2) is 0 Å². The second-order valence-electron chi connectivity index (χ2n) is 4.28. The Morgan fingerprint density at radius 3 is 2.42 bits per heavy atom. The highest BCUT2D eigenvalue weighted by atomic mass is 16.5. The molecule has 0 aliphatic heterocycles. The van der Waals surface area contributed by atoms with Gasteiger partial charge in [0.05, 0.1) is 7.11 Å². The summed E-state index contributed by atoms with van der Waals surface area (Å²) < 4.78 is 11.0. The SMILES string of the molecule is COc1ccc(COc2ccccc2CCN)cc1. The van der Waals surface area contributed by atoms with Crippen molar-refractivity contribution in [1.82, 2.24) is 0 Å². The van der Waals surface area contributed by atoms with Crippen LogP contribution >= 0.6 is 0 Å². The first kappa shape index (κ1) is 13.4. The lowest BCUT2D eigenvalue weighted by Crippen LogP contribution is -2.05. The van der Waals surface area contributed by atoms with Crippen LogP contribution < -0.4 is 15.2 Å². The van der Waals surface area contributed by atoms with E-state index in [4.69, 9.17) is 15.2 Å². The number of para-hydroxylation sites is 1. The molecule has 0 saturated carbocycles. The minimum Gasteiger partial charge on any atom is -0.497 e. The summed E-state index contributed by atoms with van der Waals surface area (Å²) in [6, 6.07) is 15.9. The summed E-state index contributed by atoms with van der Waals surface area (Å²) in [5.41, 5.74) is 7.86. The quantitative estimate of drug-likeness (QED) is 0.865. The molecule has 0 saturated heterocycles. The Morgan fingerprint density at radius 1 is 1.00 bits per heavy atom. The van der Waals surface area contributed by atoms with E-state index >= 15 is 0 Å². The summed E-state index contributed by atoms with van der Waals surface area (Å²) in [5, 5.41) is 0. The van der Waals surface area contributed by atoms with Gasteiger partial charge < -0.3 is 15.2 Å². The number of nitrogens with two attached hydrogens (primary N) is 1. The Kier molecular flexibility index (Phi) is 4.81. The van der Waals surface area contributed by atoms with Gasteiger partial charge in [-0.2, -0.15) is 0 Å². The minimum absolute atomic E-state index is 0.547. The average molecular weight is 257 g/mol. The van der Waals surface area contributed by atoms with Gasteiger partial charge in [-0.1, -0.05) is 30.3 Å².